The maximum atomic E-state index is 9.35. The first-order chi connectivity index (χ1) is 11.8. The Hall–Kier alpha value is -0.380. The van der Waals surface area contributed by atoms with Crippen LogP contribution in [-0.4, -0.2) is 31.2 Å². The van der Waals surface area contributed by atoms with E-state index in [9.17, 15) is 5.11 Å². The quantitative estimate of drug-likeness (QED) is 0.450. The lowest BCUT2D eigenvalue weighted by Gasteiger charge is -2.44. The molecule has 0 aromatic heterocycles. The Morgan fingerprint density at radius 3 is 2.80 bits per heavy atom. The van der Waals surface area contributed by atoms with E-state index in [1.165, 1.54) is 44.9 Å². The van der Waals surface area contributed by atoms with Crippen molar-refractivity contribution in [3.8, 4) is 0 Å². The first-order valence-electron chi connectivity index (χ1n) is 10.3. The number of rotatable bonds is 9. The standard InChI is InChI=1S/C22H40O3/c1-17(8-6-13-21(2,3)25-16-24-5)19-10-11-20-18(12-15-23)9-7-14-22(19,20)4/h12,17,19-20,23H,6-11,13-16H2,1-5H3/b18-12+/t17-,19-,20-,22-/m1/s1. The third-order valence-corrected chi connectivity index (χ3v) is 7.08. The zero-order valence-corrected chi connectivity index (χ0v) is 17.1. The third-order valence-electron chi connectivity index (χ3n) is 7.08. The molecule has 0 bridgehead atoms. The van der Waals surface area contributed by atoms with E-state index in [0.717, 1.165) is 18.3 Å². The molecule has 25 heavy (non-hydrogen) atoms. The molecule has 4 atom stereocenters. The monoisotopic (exact) mass is 352 g/mol. The van der Waals surface area contributed by atoms with Crippen LogP contribution in [0.15, 0.2) is 11.6 Å². The molecule has 2 fully saturated rings. The van der Waals surface area contributed by atoms with Crippen LogP contribution in [0, 0.1) is 23.2 Å². The number of methoxy groups -OCH3 is 1. The van der Waals surface area contributed by atoms with E-state index in [1.54, 1.807) is 12.7 Å². The lowest BCUT2D eigenvalue weighted by molar-refractivity contribution is -0.118. The second-order valence-corrected chi connectivity index (χ2v) is 9.24. The minimum atomic E-state index is -0.0975. The van der Waals surface area contributed by atoms with Crippen molar-refractivity contribution in [3.63, 3.8) is 0 Å². The molecule has 2 aliphatic rings. The van der Waals surface area contributed by atoms with Gasteiger partial charge in [0.05, 0.1) is 12.2 Å². The van der Waals surface area contributed by atoms with Crippen LogP contribution in [0.3, 0.4) is 0 Å². The summed E-state index contributed by atoms with van der Waals surface area (Å²) in [4.78, 5) is 0. The van der Waals surface area contributed by atoms with Crippen LogP contribution in [0.5, 0.6) is 0 Å². The number of ether oxygens (including phenoxy) is 2. The molecule has 2 aliphatic carbocycles. The Morgan fingerprint density at radius 1 is 1.36 bits per heavy atom. The lowest BCUT2D eigenvalue weighted by Crippen LogP contribution is -2.36. The van der Waals surface area contributed by atoms with Crippen molar-refractivity contribution in [1.29, 1.82) is 0 Å². The molecular formula is C22H40O3. The molecule has 0 unspecified atom stereocenters. The summed E-state index contributed by atoms with van der Waals surface area (Å²) in [6.45, 7) is 9.91. The summed E-state index contributed by atoms with van der Waals surface area (Å²) in [7, 11) is 1.68. The highest BCUT2D eigenvalue weighted by molar-refractivity contribution is 5.18. The Kier molecular flexibility index (Phi) is 7.54. The molecule has 1 N–H and O–H groups in total. The van der Waals surface area contributed by atoms with Gasteiger partial charge in [0.1, 0.15) is 6.79 Å². The number of hydrogen-bond acceptors (Lipinski definition) is 3. The molecule has 0 spiro atoms. The van der Waals surface area contributed by atoms with Gasteiger partial charge in [-0.25, -0.2) is 0 Å². The fourth-order valence-electron chi connectivity index (χ4n) is 5.72. The summed E-state index contributed by atoms with van der Waals surface area (Å²) in [5.41, 5.74) is 1.89. The molecule has 3 nitrogen and oxygen atoms in total. The third kappa shape index (κ3) is 5.08. The van der Waals surface area contributed by atoms with Crippen molar-refractivity contribution in [2.24, 2.45) is 23.2 Å². The van der Waals surface area contributed by atoms with Crippen LogP contribution in [0.25, 0.3) is 0 Å². The Balaban J connectivity index is 1.90. The van der Waals surface area contributed by atoms with E-state index in [1.807, 2.05) is 0 Å². The van der Waals surface area contributed by atoms with Gasteiger partial charge in [0.15, 0.2) is 0 Å². The van der Waals surface area contributed by atoms with Gasteiger partial charge in [0, 0.05) is 7.11 Å². The van der Waals surface area contributed by atoms with Crippen molar-refractivity contribution in [2.75, 3.05) is 20.5 Å². The van der Waals surface area contributed by atoms with Crippen LogP contribution in [0.2, 0.25) is 0 Å². The summed E-state index contributed by atoms with van der Waals surface area (Å²) in [5.74, 6) is 2.30. The largest absolute Gasteiger partial charge is 0.392 e. The average molecular weight is 353 g/mol. The maximum Gasteiger partial charge on any atom is 0.147 e. The van der Waals surface area contributed by atoms with Crippen molar-refractivity contribution in [2.45, 2.75) is 84.7 Å². The molecule has 0 saturated heterocycles. The topological polar surface area (TPSA) is 38.7 Å². The van der Waals surface area contributed by atoms with Crippen molar-refractivity contribution < 1.29 is 14.6 Å². The molecular weight excluding hydrogens is 312 g/mol. The van der Waals surface area contributed by atoms with Crippen LogP contribution in [0.1, 0.15) is 79.1 Å². The minimum absolute atomic E-state index is 0.0975. The van der Waals surface area contributed by atoms with Crippen LogP contribution < -0.4 is 0 Å². The van der Waals surface area contributed by atoms with Gasteiger partial charge in [0.2, 0.25) is 0 Å². The Bertz CT molecular complexity index is 443. The molecule has 146 valence electrons. The van der Waals surface area contributed by atoms with E-state index in [4.69, 9.17) is 9.47 Å². The summed E-state index contributed by atoms with van der Waals surface area (Å²) >= 11 is 0. The number of aliphatic hydroxyl groups excluding tert-OH is 1. The van der Waals surface area contributed by atoms with Gasteiger partial charge < -0.3 is 14.6 Å². The maximum absolute atomic E-state index is 9.35. The number of fused-ring (bicyclic) bond motifs is 1. The Labute approximate surface area is 155 Å². The zero-order chi connectivity index (χ0) is 18.5. The SMILES string of the molecule is COCOC(C)(C)CCC[C@@H](C)[C@H]1CC[C@@H]2/C(=C/CO)CCC[C@@]21C. The first-order valence-corrected chi connectivity index (χ1v) is 10.3. The highest BCUT2D eigenvalue weighted by Crippen LogP contribution is 2.59. The van der Waals surface area contributed by atoms with E-state index in [0.29, 0.717) is 18.1 Å². The predicted octanol–water partition coefficient (Wildman–Crippen LogP) is 5.33. The van der Waals surface area contributed by atoms with Gasteiger partial charge in [-0.2, -0.15) is 0 Å². The van der Waals surface area contributed by atoms with Gasteiger partial charge >= 0.3 is 0 Å². The molecule has 0 amide bonds. The van der Waals surface area contributed by atoms with Gasteiger partial charge in [-0.1, -0.05) is 38.3 Å². The van der Waals surface area contributed by atoms with Crippen LogP contribution in [-0.2, 0) is 9.47 Å². The number of aliphatic hydroxyl groups is 1. The second kappa shape index (κ2) is 9.01. The van der Waals surface area contributed by atoms with E-state index < -0.39 is 0 Å². The number of hydrogen-bond donors (Lipinski definition) is 1. The average Bonchev–Trinajstić information content (AvgIpc) is 2.91. The van der Waals surface area contributed by atoms with E-state index >= 15 is 0 Å². The van der Waals surface area contributed by atoms with Crippen molar-refractivity contribution >= 4 is 0 Å². The van der Waals surface area contributed by atoms with Gasteiger partial charge in [0.25, 0.3) is 0 Å². The summed E-state index contributed by atoms with van der Waals surface area (Å²) in [6.07, 6.45) is 12.2. The second-order valence-electron chi connectivity index (χ2n) is 9.24. The molecule has 0 aromatic carbocycles. The minimum Gasteiger partial charge on any atom is -0.392 e. The Morgan fingerprint density at radius 2 is 2.12 bits per heavy atom. The normalized spacial score (nSPS) is 32.8. The summed E-state index contributed by atoms with van der Waals surface area (Å²) in [5, 5.41) is 9.35. The van der Waals surface area contributed by atoms with Crippen molar-refractivity contribution in [1.82, 2.24) is 0 Å². The molecule has 0 aromatic rings. The van der Waals surface area contributed by atoms with Crippen LogP contribution in [0.4, 0.5) is 0 Å². The van der Waals surface area contributed by atoms with Crippen LogP contribution >= 0.6 is 0 Å². The molecule has 0 radical (unpaired) electrons. The van der Waals surface area contributed by atoms with E-state index in [-0.39, 0.29) is 12.2 Å². The molecule has 2 saturated carbocycles. The molecule has 0 heterocycles. The lowest BCUT2D eigenvalue weighted by atomic mass is 9.60. The molecule has 2 rings (SSSR count). The number of allylic oxidation sites excluding steroid dienone is 1. The predicted molar refractivity (Wildman–Crippen MR) is 103 cm³/mol. The van der Waals surface area contributed by atoms with Crippen molar-refractivity contribution in [3.05, 3.63) is 11.6 Å². The fourth-order valence-corrected chi connectivity index (χ4v) is 5.72. The summed E-state index contributed by atoms with van der Waals surface area (Å²) in [6, 6.07) is 0. The molecule has 3 heteroatoms. The molecule has 0 aliphatic heterocycles. The van der Waals surface area contributed by atoms with Gasteiger partial charge in [-0.15, -0.1) is 0 Å². The van der Waals surface area contributed by atoms with Gasteiger partial charge in [-0.05, 0) is 75.5 Å². The van der Waals surface area contributed by atoms with E-state index in [2.05, 4.69) is 33.8 Å². The summed E-state index contributed by atoms with van der Waals surface area (Å²) < 4.78 is 10.8. The fraction of sp³-hybridized carbons (Fsp3) is 0.909. The first kappa shape index (κ1) is 20.9. The zero-order valence-electron chi connectivity index (χ0n) is 17.1. The highest BCUT2D eigenvalue weighted by Gasteiger charge is 2.50. The highest BCUT2D eigenvalue weighted by atomic mass is 16.7. The van der Waals surface area contributed by atoms with Gasteiger partial charge in [-0.3, -0.25) is 0 Å². The smallest absolute Gasteiger partial charge is 0.147 e.